The Morgan fingerprint density at radius 1 is 1.35 bits per heavy atom. The van der Waals surface area contributed by atoms with Crippen molar-refractivity contribution in [3.05, 3.63) is 0 Å². The highest BCUT2D eigenvalue weighted by molar-refractivity contribution is 5.74. The molecule has 2 amide bonds. The number of carbonyl (C=O) groups is 2. The monoisotopic (exact) mass is 288 g/mol. The first kappa shape index (κ1) is 16.7. The smallest absolute Gasteiger partial charge is 0.315 e. The molecule has 0 aromatic rings. The number of rotatable bonds is 7. The number of urea groups is 1. The number of methoxy groups -OCH3 is 2. The zero-order chi connectivity index (χ0) is 15.0. The van der Waals surface area contributed by atoms with Crippen LogP contribution >= 0.6 is 0 Å². The third kappa shape index (κ3) is 5.75. The molecule has 0 aromatic heterocycles. The number of carboxylic acid groups (broad SMARTS) is 1. The molecular weight excluding hydrogens is 264 g/mol. The van der Waals surface area contributed by atoms with Crippen molar-refractivity contribution in [2.75, 3.05) is 27.4 Å². The standard InChI is InChI=1S/C13H24N2O5/c1-19-8-11(20-2)7-14-13(18)15-10-5-3-4-9(6-10)12(16)17/h9-11H,3-8H2,1-2H3,(H,16,17)(H2,14,15,18). The Kier molecular flexibility index (Phi) is 7.32. The van der Waals surface area contributed by atoms with E-state index >= 15 is 0 Å². The maximum Gasteiger partial charge on any atom is 0.315 e. The van der Waals surface area contributed by atoms with Crippen molar-refractivity contribution in [3.8, 4) is 0 Å². The van der Waals surface area contributed by atoms with Gasteiger partial charge < -0.3 is 25.2 Å². The molecule has 1 fully saturated rings. The van der Waals surface area contributed by atoms with Crippen LogP contribution in [0, 0.1) is 5.92 Å². The van der Waals surface area contributed by atoms with E-state index in [0.29, 0.717) is 26.0 Å². The van der Waals surface area contributed by atoms with E-state index < -0.39 is 5.97 Å². The van der Waals surface area contributed by atoms with Gasteiger partial charge in [-0.15, -0.1) is 0 Å². The molecule has 116 valence electrons. The highest BCUT2D eigenvalue weighted by atomic mass is 16.5. The van der Waals surface area contributed by atoms with Crippen molar-refractivity contribution in [2.45, 2.75) is 37.8 Å². The molecule has 0 radical (unpaired) electrons. The fraction of sp³-hybridized carbons (Fsp3) is 0.846. The van der Waals surface area contributed by atoms with E-state index in [2.05, 4.69) is 10.6 Å². The molecule has 0 spiro atoms. The van der Waals surface area contributed by atoms with Crippen LogP contribution in [0.3, 0.4) is 0 Å². The largest absolute Gasteiger partial charge is 0.481 e. The van der Waals surface area contributed by atoms with Gasteiger partial charge in [0.05, 0.1) is 18.6 Å². The van der Waals surface area contributed by atoms with Gasteiger partial charge in [0.15, 0.2) is 0 Å². The molecule has 0 heterocycles. The number of amides is 2. The Hall–Kier alpha value is -1.34. The van der Waals surface area contributed by atoms with Gasteiger partial charge in [0, 0.05) is 26.8 Å². The molecule has 0 aliphatic heterocycles. The lowest BCUT2D eigenvalue weighted by Gasteiger charge is -2.27. The number of hydrogen-bond donors (Lipinski definition) is 3. The van der Waals surface area contributed by atoms with Crippen molar-refractivity contribution >= 4 is 12.0 Å². The zero-order valence-corrected chi connectivity index (χ0v) is 12.1. The first-order valence-electron chi connectivity index (χ1n) is 6.85. The second-order valence-corrected chi connectivity index (χ2v) is 5.07. The number of hydrogen-bond acceptors (Lipinski definition) is 4. The van der Waals surface area contributed by atoms with Gasteiger partial charge in [-0.25, -0.2) is 4.79 Å². The van der Waals surface area contributed by atoms with Crippen LogP contribution in [-0.4, -0.2) is 56.6 Å². The lowest BCUT2D eigenvalue weighted by atomic mass is 9.86. The van der Waals surface area contributed by atoms with Crippen LogP contribution < -0.4 is 10.6 Å². The fourth-order valence-corrected chi connectivity index (χ4v) is 2.38. The Bertz CT molecular complexity index is 324. The fourth-order valence-electron chi connectivity index (χ4n) is 2.38. The van der Waals surface area contributed by atoms with Crippen LogP contribution in [0.1, 0.15) is 25.7 Å². The molecule has 0 aromatic carbocycles. The second-order valence-electron chi connectivity index (χ2n) is 5.07. The molecule has 1 aliphatic carbocycles. The number of nitrogens with one attached hydrogen (secondary N) is 2. The topological polar surface area (TPSA) is 96.9 Å². The second kappa shape index (κ2) is 8.76. The molecule has 0 bridgehead atoms. The van der Waals surface area contributed by atoms with E-state index in [9.17, 15) is 9.59 Å². The first-order chi connectivity index (χ1) is 9.56. The predicted molar refractivity (Wildman–Crippen MR) is 72.6 cm³/mol. The molecule has 20 heavy (non-hydrogen) atoms. The van der Waals surface area contributed by atoms with E-state index in [1.165, 1.54) is 0 Å². The third-order valence-electron chi connectivity index (χ3n) is 3.53. The molecule has 7 nitrogen and oxygen atoms in total. The Balaban J connectivity index is 2.29. The minimum Gasteiger partial charge on any atom is -0.481 e. The quantitative estimate of drug-likeness (QED) is 0.637. The van der Waals surface area contributed by atoms with E-state index in [1.54, 1.807) is 14.2 Å². The summed E-state index contributed by atoms with van der Waals surface area (Å²) in [4.78, 5) is 22.7. The number of carbonyl (C=O) groups excluding carboxylic acids is 1. The summed E-state index contributed by atoms with van der Waals surface area (Å²) in [6.07, 6.45) is 2.64. The highest BCUT2D eigenvalue weighted by Gasteiger charge is 2.27. The van der Waals surface area contributed by atoms with Crippen LogP contribution in [0.15, 0.2) is 0 Å². The summed E-state index contributed by atoms with van der Waals surface area (Å²) in [5, 5.41) is 14.5. The third-order valence-corrected chi connectivity index (χ3v) is 3.53. The SMILES string of the molecule is COCC(CNC(=O)NC1CCCC(C(=O)O)C1)OC. The molecule has 1 aliphatic rings. The maximum atomic E-state index is 11.7. The van der Waals surface area contributed by atoms with Crippen molar-refractivity contribution in [3.63, 3.8) is 0 Å². The van der Waals surface area contributed by atoms with Crippen LogP contribution in [0.2, 0.25) is 0 Å². The predicted octanol–water partition coefficient (Wildman–Crippen LogP) is 0.590. The normalized spacial score (nSPS) is 23.9. The van der Waals surface area contributed by atoms with E-state index in [4.69, 9.17) is 14.6 Å². The Labute approximate surface area is 119 Å². The summed E-state index contributed by atoms with van der Waals surface area (Å²) in [6.45, 7) is 0.756. The molecule has 0 saturated heterocycles. The van der Waals surface area contributed by atoms with Crippen LogP contribution in [-0.2, 0) is 14.3 Å². The van der Waals surface area contributed by atoms with Gasteiger partial charge >= 0.3 is 12.0 Å². The number of carboxylic acids is 1. The van der Waals surface area contributed by atoms with Gasteiger partial charge in [-0.3, -0.25) is 4.79 Å². The van der Waals surface area contributed by atoms with Crippen molar-refractivity contribution in [1.29, 1.82) is 0 Å². The summed E-state index contributed by atoms with van der Waals surface area (Å²) in [6, 6.07) is -0.368. The number of ether oxygens (including phenoxy) is 2. The average molecular weight is 288 g/mol. The Morgan fingerprint density at radius 3 is 2.70 bits per heavy atom. The average Bonchev–Trinajstić information content (AvgIpc) is 2.43. The summed E-state index contributed by atoms with van der Waals surface area (Å²) in [5.41, 5.74) is 0. The van der Waals surface area contributed by atoms with Gasteiger partial charge in [0.1, 0.15) is 0 Å². The zero-order valence-electron chi connectivity index (χ0n) is 12.1. The van der Waals surface area contributed by atoms with E-state index in [0.717, 1.165) is 12.8 Å². The Morgan fingerprint density at radius 2 is 2.10 bits per heavy atom. The molecule has 3 N–H and O–H groups in total. The number of aliphatic carboxylic acids is 1. The van der Waals surface area contributed by atoms with Crippen LogP contribution in [0.4, 0.5) is 4.79 Å². The van der Waals surface area contributed by atoms with Crippen molar-refractivity contribution in [2.24, 2.45) is 5.92 Å². The van der Waals surface area contributed by atoms with Crippen LogP contribution in [0.25, 0.3) is 0 Å². The molecule has 3 unspecified atom stereocenters. The van der Waals surface area contributed by atoms with E-state index in [-0.39, 0.29) is 24.1 Å². The molecule has 1 rings (SSSR count). The lowest BCUT2D eigenvalue weighted by molar-refractivity contribution is -0.143. The summed E-state index contributed by atoms with van der Waals surface area (Å²) in [5.74, 6) is -1.13. The summed E-state index contributed by atoms with van der Waals surface area (Å²) in [7, 11) is 3.13. The van der Waals surface area contributed by atoms with Gasteiger partial charge in [0.25, 0.3) is 0 Å². The van der Waals surface area contributed by atoms with Gasteiger partial charge in [-0.1, -0.05) is 6.42 Å². The van der Waals surface area contributed by atoms with Gasteiger partial charge in [0.2, 0.25) is 0 Å². The minimum atomic E-state index is -0.781. The van der Waals surface area contributed by atoms with Gasteiger partial charge in [-0.2, -0.15) is 0 Å². The van der Waals surface area contributed by atoms with Crippen LogP contribution in [0.5, 0.6) is 0 Å². The first-order valence-corrected chi connectivity index (χ1v) is 6.85. The molecular formula is C13H24N2O5. The minimum absolute atomic E-state index is 0.0757. The van der Waals surface area contributed by atoms with Gasteiger partial charge in [-0.05, 0) is 19.3 Å². The van der Waals surface area contributed by atoms with Crippen molar-refractivity contribution in [1.82, 2.24) is 10.6 Å². The van der Waals surface area contributed by atoms with E-state index in [1.807, 2.05) is 0 Å². The summed E-state index contributed by atoms with van der Waals surface area (Å²) >= 11 is 0. The summed E-state index contributed by atoms with van der Waals surface area (Å²) < 4.78 is 10.1. The highest BCUT2D eigenvalue weighted by Crippen LogP contribution is 2.24. The molecule has 1 saturated carbocycles. The lowest BCUT2D eigenvalue weighted by Crippen LogP contribution is -2.47. The maximum absolute atomic E-state index is 11.7. The molecule has 7 heteroatoms. The molecule has 3 atom stereocenters. The van der Waals surface area contributed by atoms with Crippen molar-refractivity contribution < 1.29 is 24.2 Å².